The number of hydrogen-bond donors (Lipinski definition) is 1. The third kappa shape index (κ3) is 3.96. The number of rotatable bonds is 5. The zero-order chi connectivity index (χ0) is 16.2. The molecule has 1 unspecified atom stereocenters. The Balaban J connectivity index is 1.68. The van der Waals surface area contributed by atoms with Crippen LogP contribution >= 0.6 is 11.8 Å². The molecule has 3 rings (SSSR count). The average Bonchev–Trinajstić information content (AvgIpc) is 3.18. The van der Waals surface area contributed by atoms with E-state index in [2.05, 4.69) is 35.4 Å². The normalized spacial score (nSPS) is 16.4. The maximum Gasteiger partial charge on any atom is 0.233 e. The number of amides is 1. The van der Waals surface area contributed by atoms with Crippen molar-refractivity contribution < 1.29 is 4.79 Å². The summed E-state index contributed by atoms with van der Waals surface area (Å²) in [4.78, 5) is 16.8. The molecule has 23 heavy (non-hydrogen) atoms. The molecule has 4 nitrogen and oxygen atoms in total. The quantitative estimate of drug-likeness (QED) is 0.851. The van der Waals surface area contributed by atoms with Gasteiger partial charge >= 0.3 is 0 Å². The van der Waals surface area contributed by atoms with Gasteiger partial charge in [-0.3, -0.25) is 9.36 Å². The van der Waals surface area contributed by atoms with Gasteiger partial charge in [-0.25, -0.2) is 4.98 Å². The molecule has 0 radical (unpaired) electrons. The van der Waals surface area contributed by atoms with Gasteiger partial charge in [0.2, 0.25) is 5.91 Å². The van der Waals surface area contributed by atoms with Crippen LogP contribution in [0.3, 0.4) is 0 Å². The van der Waals surface area contributed by atoms with E-state index in [0.717, 1.165) is 23.7 Å². The van der Waals surface area contributed by atoms with Crippen LogP contribution in [-0.4, -0.2) is 26.8 Å². The maximum atomic E-state index is 12.4. The van der Waals surface area contributed by atoms with E-state index in [0.29, 0.717) is 6.04 Å². The summed E-state index contributed by atoms with van der Waals surface area (Å²) in [5.41, 5.74) is 2.28. The molecule has 0 aliphatic heterocycles. The van der Waals surface area contributed by atoms with Crippen molar-refractivity contribution >= 4 is 17.7 Å². The lowest BCUT2D eigenvalue weighted by Gasteiger charge is -2.16. The van der Waals surface area contributed by atoms with Crippen molar-refractivity contribution in [3.8, 4) is 5.69 Å². The van der Waals surface area contributed by atoms with Crippen LogP contribution in [0.1, 0.15) is 38.2 Å². The van der Waals surface area contributed by atoms with Gasteiger partial charge in [0.15, 0.2) is 5.16 Å². The number of carbonyl (C=O) groups excluding carboxylic acids is 1. The van der Waals surface area contributed by atoms with Gasteiger partial charge in [-0.05, 0) is 44.4 Å². The van der Waals surface area contributed by atoms with E-state index in [-0.39, 0.29) is 11.2 Å². The Labute approximate surface area is 141 Å². The fraction of sp³-hybridized carbons (Fsp3) is 0.444. The lowest BCUT2D eigenvalue weighted by Crippen LogP contribution is -2.37. The van der Waals surface area contributed by atoms with E-state index in [1.54, 1.807) is 6.20 Å². The van der Waals surface area contributed by atoms with Crippen LogP contribution in [0.5, 0.6) is 0 Å². The highest BCUT2D eigenvalue weighted by Crippen LogP contribution is 2.26. The van der Waals surface area contributed by atoms with Crippen molar-refractivity contribution in [1.82, 2.24) is 14.9 Å². The van der Waals surface area contributed by atoms with E-state index in [1.807, 2.05) is 23.8 Å². The Morgan fingerprint density at radius 3 is 2.91 bits per heavy atom. The molecule has 1 saturated carbocycles. The molecule has 1 atom stereocenters. The largest absolute Gasteiger partial charge is 0.352 e. The maximum absolute atomic E-state index is 12.4. The van der Waals surface area contributed by atoms with Crippen LogP contribution in [0.25, 0.3) is 5.69 Å². The SMILES string of the molecule is Cc1cccc(-n2ccnc2SC(C)C(=O)NC2CCCC2)c1. The Kier molecular flexibility index (Phi) is 5.06. The molecule has 0 saturated heterocycles. The highest BCUT2D eigenvalue weighted by atomic mass is 32.2. The van der Waals surface area contributed by atoms with Crippen molar-refractivity contribution in [3.05, 3.63) is 42.2 Å². The molecule has 1 aromatic heterocycles. The number of thioether (sulfide) groups is 1. The number of imidazole rings is 1. The number of nitrogens with one attached hydrogen (secondary N) is 1. The first kappa shape index (κ1) is 16.1. The summed E-state index contributed by atoms with van der Waals surface area (Å²) in [5, 5.41) is 3.86. The van der Waals surface area contributed by atoms with Crippen LogP contribution in [0, 0.1) is 6.92 Å². The van der Waals surface area contributed by atoms with Crippen molar-refractivity contribution in [1.29, 1.82) is 0 Å². The fourth-order valence-corrected chi connectivity index (χ4v) is 3.84. The number of carbonyl (C=O) groups is 1. The number of nitrogens with zero attached hydrogens (tertiary/aromatic N) is 2. The van der Waals surface area contributed by atoms with Crippen LogP contribution in [0.15, 0.2) is 41.8 Å². The van der Waals surface area contributed by atoms with Gasteiger partial charge < -0.3 is 5.32 Å². The molecule has 2 aromatic rings. The molecule has 1 N–H and O–H groups in total. The molecule has 122 valence electrons. The van der Waals surface area contributed by atoms with Crippen LogP contribution < -0.4 is 5.32 Å². The van der Waals surface area contributed by atoms with Crippen molar-refractivity contribution in [2.24, 2.45) is 0 Å². The smallest absolute Gasteiger partial charge is 0.233 e. The molecular formula is C18H23N3OS. The Morgan fingerprint density at radius 1 is 1.39 bits per heavy atom. The van der Waals surface area contributed by atoms with Gasteiger partial charge in [0.05, 0.1) is 5.25 Å². The second kappa shape index (κ2) is 7.21. The standard InChI is InChI=1S/C18H23N3OS/c1-13-6-5-9-16(12-13)21-11-10-19-18(21)23-14(2)17(22)20-15-7-3-4-8-15/h5-6,9-12,14-15H,3-4,7-8H2,1-2H3,(H,20,22). The van der Waals surface area contributed by atoms with Gasteiger partial charge in [-0.15, -0.1) is 0 Å². The lowest BCUT2D eigenvalue weighted by atomic mass is 10.2. The summed E-state index contributed by atoms with van der Waals surface area (Å²) in [5.74, 6) is 0.112. The van der Waals surface area contributed by atoms with E-state index in [4.69, 9.17) is 0 Å². The summed E-state index contributed by atoms with van der Waals surface area (Å²) in [7, 11) is 0. The molecule has 1 aliphatic carbocycles. The van der Waals surface area contributed by atoms with E-state index < -0.39 is 0 Å². The highest BCUT2D eigenvalue weighted by molar-refractivity contribution is 8.00. The third-order valence-electron chi connectivity index (χ3n) is 4.24. The molecule has 0 spiro atoms. The first-order valence-corrected chi connectivity index (χ1v) is 9.09. The molecular weight excluding hydrogens is 306 g/mol. The second-order valence-electron chi connectivity index (χ2n) is 6.17. The molecule has 1 aromatic carbocycles. The van der Waals surface area contributed by atoms with E-state index in [1.165, 1.54) is 30.2 Å². The number of aromatic nitrogens is 2. The summed E-state index contributed by atoms with van der Waals surface area (Å²) in [6.07, 6.45) is 8.40. The van der Waals surface area contributed by atoms with Crippen LogP contribution in [0.4, 0.5) is 0 Å². The molecule has 1 fully saturated rings. The predicted molar refractivity (Wildman–Crippen MR) is 94.0 cm³/mol. The monoisotopic (exact) mass is 329 g/mol. The summed E-state index contributed by atoms with van der Waals surface area (Å²) in [6.45, 7) is 4.02. The van der Waals surface area contributed by atoms with Crippen LogP contribution in [-0.2, 0) is 4.79 Å². The van der Waals surface area contributed by atoms with E-state index >= 15 is 0 Å². The Morgan fingerprint density at radius 2 is 2.17 bits per heavy atom. The lowest BCUT2D eigenvalue weighted by molar-refractivity contribution is -0.120. The third-order valence-corrected chi connectivity index (χ3v) is 5.32. The van der Waals surface area contributed by atoms with Crippen LogP contribution in [0.2, 0.25) is 0 Å². The topological polar surface area (TPSA) is 46.9 Å². The minimum absolute atomic E-state index is 0.112. The van der Waals surface area contributed by atoms with Gasteiger partial charge in [0.1, 0.15) is 0 Å². The van der Waals surface area contributed by atoms with Gasteiger partial charge in [0, 0.05) is 24.1 Å². The van der Waals surface area contributed by atoms with Crippen molar-refractivity contribution in [2.45, 2.75) is 56.0 Å². The minimum atomic E-state index is -0.151. The zero-order valence-corrected chi connectivity index (χ0v) is 14.5. The highest BCUT2D eigenvalue weighted by Gasteiger charge is 2.22. The Bertz CT molecular complexity index is 676. The van der Waals surface area contributed by atoms with Gasteiger partial charge in [-0.2, -0.15) is 0 Å². The minimum Gasteiger partial charge on any atom is -0.352 e. The van der Waals surface area contributed by atoms with Crippen molar-refractivity contribution in [3.63, 3.8) is 0 Å². The molecule has 5 heteroatoms. The van der Waals surface area contributed by atoms with E-state index in [9.17, 15) is 4.79 Å². The summed E-state index contributed by atoms with van der Waals surface area (Å²) in [6, 6.07) is 8.65. The predicted octanol–water partition coefficient (Wildman–Crippen LogP) is 3.72. The first-order valence-electron chi connectivity index (χ1n) is 8.21. The molecule has 1 heterocycles. The second-order valence-corrected chi connectivity index (χ2v) is 7.48. The first-order chi connectivity index (χ1) is 11.1. The number of hydrogen-bond acceptors (Lipinski definition) is 3. The summed E-state index contributed by atoms with van der Waals surface area (Å²) >= 11 is 1.51. The molecule has 1 amide bonds. The van der Waals surface area contributed by atoms with Gasteiger partial charge in [0.25, 0.3) is 0 Å². The molecule has 1 aliphatic rings. The average molecular weight is 329 g/mol. The molecule has 0 bridgehead atoms. The number of aryl methyl sites for hydroxylation is 1. The number of benzene rings is 1. The fourth-order valence-electron chi connectivity index (χ4n) is 2.95. The van der Waals surface area contributed by atoms with Gasteiger partial charge in [-0.1, -0.05) is 36.7 Å². The van der Waals surface area contributed by atoms with Crippen molar-refractivity contribution in [2.75, 3.05) is 0 Å². The Hall–Kier alpha value is -1.75. The summed E-state index contributed by atoms with van der Waals surface area (Å²) < 4.78 is 2.04. The zero-order valence-electron chi connectivity index (χ0n) is 13.7.